The van der Waals surface area contributed by atoms with Gasteiger partial charge >= 0.3 is 0 Å². The zero-order valence-corrected chi connectivity index (χ0v) is 13.5. The zero-order chi connectivity index (χ0) is 16.3. The van der Waals surface area contributed by atoms with Crippen molar-refractivity contribution >= 4 is 21.6 Å². The summed E-state index contributed by atoms with van der Waals surface area (Å²) >= 11 is 0. The lowest BCUT2D eigenvalue weighted by atomic mass is 10.2. The molecule has 6 nitrogen and oxygen atoms in total. The zero-order valence-electron chi connectivity index (χ0n) is 12.7. The van der Waals surface area contributed by atoms with E-state index in [4.69, 9.17) is 4.74 Å². The van der Waals surface area contributed by atoms with Gasteiger partial charge in [-0.05, 0) is 25.5 Å². The number of benzene rings is 1. The predicted octanol–water partition coefficient (Wildman–Crippen LogP) is 1.30. The van der Waals surface area contributed by atoms with Crippen LogP contribution in [-0.2, 0) is 14.8 Å². The fraction of sp³-hybridized carbons (Fsp3) is 0.400. The third-order valence-electron chi connectivity index (χ3n) is 3.34. The highest BCUT2D eigenvalue weighted by molar-refractivity contribution is 7.89. The first-order valence-electron chi connectivity index (χ1n) is 6.93. The number of hydrogen-bond acceptors (Lipinski definition) is 4. The molecule has 0 bridgehead atoms. The second kappa shape index (κ2) is 6.50. The van der Waals surface area contributed by atoms with Gasteiger partial charge in [0.1, 0.15) is 11.8 Å². The van der Waals surface area contributed by atoms with Crippen molar-refractivity contribution in [1.82, 2.24) is 4.72 Å². The molecule has 1 aromatic rings. The van der Waals surface area contributed by atoms with Crippen molar-refractivity contribution in [2.45, 2.75) is 19.4 Å². The number of amides is 1. The Balaban J connectivity index is 2.15. The van der Waals surface area contributed by atoms with Crippen molar-refractivity contribution in [3.05, 3.63) is 36.4 Å². The minimum absolute atomic E-state index is 0.175. The number of ether oxygens (including phenoxy) is 1. The Labute approximate surface area is 130 Å². The van der Waals surface area contributed by atoms with Crippen LogP contribution in [0.15, 0.2) is 36.4 Å². The highest BCUT2D eigenvalue weighted by Gasteiger charge is 2.36. The van der Waals surface area contributed by atoms with E-state index in [0.717, 1.165) is 0 Å². The monoisotopic (exact) mass is 324 g/mol. The quantitative estimate of drug-likeness (QED) is 0.800. The fourth-order valence-electron chi connectivity index (χ4n) is 2.46. The van der Waals surface area contributed by atoms with Crippen molar-refractivity contribution < 1.29 is 17.9 Å². The van der Waals surface area contributed by atoms with E-state index < -0.39 is 16.1 Å². The van der Waals surface area contributed by atoms with Crippen molar-refractivity contribution in [3.63, 3.8) is 0 Å². The molecular formula is C15H20N2O4S. The Bertz CT molecular complexity index is 685. The Morgan fingerprint density at radius 1 is 1.45 bits per heavy atom. The largest absolute Gasteiger partial charge is 0.495 e. The molecule has 1 amide bonds. The van der Waals surface area contributed by atoms with E-state index in [1.165, 1.54) is 7.11 Å². The fourth-order valence-corrected chi connectivity index (χ4v) is 3.85. The third kappa shape index (κ3) is 3.66. The molecule has 1 heterocycles. The van der Waals surface area contributed by atoms with Crippen molar-refractivity contribution in [2.24, 2.45) is 0 Å². The molecular weight excluding hydrogens is 304 g/mol. The summed E-state index contributed by atoms with van der Waals surface area (Å²) in [7, 11) is -2.01. The number of methoxy groups -OCH3 is 1. The van der Waals surface area contributed by atoms with Crippen LogP contribution in [0.2, 0.25) is 0 Å². The number of rotatable bonds is 6. The molecule has 1 atom stereocenters. The molecule has 1 aliphatic heterocycles. The normalized spacial score (nSPS) is 18.5. The number of nitrogens with zero attached hydrogens (tertiary/aromatic N) is 1. The number of carbonyl (C=O) groups is 1. The lowest BCUT2D eigenvalue weighted by Crippen LogP contribution is -2.42. The van der Waals surface area contributed by atoms with E-state index in [0.29, 0.717) is 30.0 Å². The molecule has 120 valence electrons. The van der Waals surface area contributed by atoms with Crippen LogP contribution >= 0.6 is 0 Å². The average molecular weight is 324 g/mol. The summed E-state index contributed by atoms with van der Waals surface area (Å²) in [5.74, 6) is 0.141. The standard InChI is InChI=1S/C15H20N2O4S/c1-11(2)10-22(19,20)16-12-8-9-17(15(12)18)13-6-4-5-7-14(13)21-3/h4-7,12,16H,1,8-10H2,2-3H3. The van der Waals surface area contributed by atoms with E-state index in [1.54, 1.807) is 24.0 Å². The molecule has 0 spiro atoms. The molecule has 1 fully saturated rings. The second-order valence-corrected chi connectivity index (χ2v) is 7.09. The van der Waals surface area contributed by atoms with Gasteiger partial charge in [0.15, 0.2) is 0 Å². The van der Waals surface area contributed by atoms with Gasteiger partial charge in [-0.1, -0.05) is 24.3 Å². The van der Waals surface area contributed by atoms with E-state index in [-0.39, 0.29) is 11.7 Å². The Kier molecular flexibility index (Phi) is 4.87. The summed E-state index contributed by atoms with van der Waals surface area (Å²) in [5.41, 5.74) is 1.18. The van der Waals surface area contributed by atoms with E-state index in [9.17, 15) is 13.2 Å². The van der Waals surface area contributed by atoms with Crippen LogP contribution in [0, 0.1) is 0 Å². The summed E-state index contributed by atoms with van der Waals surface area (Å²) in [4.78, 5) is 14.0. The van der Waals surface area contributed by atoms with E-state index in [1.807, 2.05) is 12.1 Å². The van der Waals surface area contributed by atoms with Gasteiger partial charge in [0.05, 0.1) is 18.6 Å². The third-order valence-corrected chi connectivity index (χ3v) is 4.86. The van der Waals surface area contributed by atoms with Gasteiger partial charge in [-0.3, -0.25) is 4.79 Å². The lowest BCUT2D eigenvalue weighted by Gasteiger charge is -2.19. The topological polar surface area (TPSA) is 75.7 Å². The van der Waals surface area contributed by atoms with Crippen LogP contribution in [-0.4, -0.2) is 39.8 Å². The SMILES string of the molecule is C=C(C)CS(=O)(=O)NC1CCN(c2ccccc2OC)C1=O. The van der Waals surface area contributed by atoms with Crippen LogP contribution in [0.1, 0.15) is 13.3 Å². The van der Waals surface area contributed by atoms with Crippen LogP contribution in [0.25, 0.3) is 0 Å². The molecule has 0 aliphatic carbocycles. The maximum absolute atomic E-state index is 12.5. The predicted molar refractivity (Wildman–Crippen MR) is 85.5 cm³/mol. The van der Waals surface area contributed by atoms with Gasteiger partial charge in [0, 0.05) is 6.54 Å². The molecule has 0 radical (unpaired) electrons. The smallest absolute Gasteiger partial charge is 0.245 e. The summed E-state index contributed by atoms with van der Waals surface area (Å²) < 4.78 is 31.6. The van der Waals surface area contributed by atoms with Crippen LogP contribution < -0.4 is 14.4 Å². The summed E-state index contributed by atoms with van der Waals surface area (Å²) in [6, 6.07) is 6.43. The first kappa shape index (κ1) is 16.5. The average Bonchev–Trinajstić information content (AvgIpc) is 2.78. The first-order chi connectivity index (χ1) is 10.3. The molecule has 1 N–H and O–H groups in total. The number of anilines is 1. The maximum Gasteiger partial charge on any atom is 0.245 e. The van der Waals surface area contributed by atoms with Gasteiger partial charge in [-0.25, -0.2) is 13.1 Å². The molecule has 22 heavy (non-hydrogen) atoms. The van der Waals surface area contributed by atoms with Gasteiger partial charge in [0.25, 0.3) is 0 Å². The molecule has 1 aromatic carbocycles. The molecule has 0 aromatic heterocycles. The first-order valence-corrected chi connectivity index (χ1v) is 8.58. The van der Waals surface area contributed by atoms with Crippen molar-refractivity contribution in [1.29, 1.82) is 0 Å². The van der Waals surface area contributed by atoms with Crippen molar-refractivity contribution in [2.75, 3.05) is 24.3 Å². The number of para-hydroxylation sites is 2. The molecule has 1 saturated heterocycles. The molecule has 2 rings (SSSR count). The number of carbonyl (C=O) groups excluding carboxylic acids is 1. The Morgan fingerprint density at radius 3 is 2.77 bits per heavy atom. The summed E-state index contributed by atoms with van der Waals surface area (Å²) in [6.45, 7) is 5.67. The number of hydrogen-bond donors (Lipinski definition) is 1. The Morgan fingerprint density at radius 2 is 2.14 bits per heavy atom. The van der Waals surface area contributed by atoms with Crippen LogP contribution in [0.3, 0.4) is 0 Å². The van der Waals surface area contributed by atoms with Gasteiger partial charge in [0.2, 0.25) is 15.9 Å². The molecule has 7 heteroatoms. The Hall–Kier alpha value is -1.86. The van der Waals surface area contributed by atoms with Crippen molar-refractivity contribution in [3.8, 4) is 5.75 Å². The highest BCUT2D eigenvalue weighted by Crippen LogP contribution is 2.31. The second-order valence-electron chi connectivity index (χ2n) is 5.34. The summed E-state index contributed by atoms with van der Waals surface area (Å²) in [6.07, 6.45) is 0.423. The van der Waals surface area contributed by atoms with E-state index in [2.05, 4.69) is 11.3 Å². The molecule has 1 unspecified atom stereocenters. The van der Waals surface area contributed by atoms with Gasteiger partial charge < -0.3 is 9.64 Å². The molecule has 0 saturated carbocycles. The number of sulfonamides is 1. The number of nitrogens with one attached hydrogen (secondary N) is 1. The summed E-state index contributed by atoms with van der Waals surface area (Å²) in [5, 5.41) is 0. The maximum atomic E-state index is 12.5. The van der Waals surface area contributed by atoms with Crippen LogP contribution in [0.5, 0.6) is 5.75 Å². The van der Waals surface area contributed by atoms with Gasteiger partial charge in [-0.2, -0.15) is 0 Å². The highest BCUT2D eigenvalue weighted by atomic mass is 32.2. The van der Waals surface area contributed by atoms with E-state index >= 15 is 0 Å². The minimum Gasteiger partial charge on any atom is -0.495 e. The minimum atomic E-state index is -3.55. The lowest BCUT2D eigenvalue weighted by molar-refractivity contribution is -0.118. The van der Waals surface area contributed by atoms with Crippen LogP contribution in [0.4, 0.5) is 5.69 Å². The molecule has 1 aliphatic rings. The van der Waals surface area contributed by atoms with Gasteiger partial charge in [-0.15, -0.1) is 0 Å².